The maximum Gasteiger partial charge on any atom is 0.351 e. The van der Waals surface area contributed by atoms with Crippen LogP contribution in [0.25, 0.3) is 10.2 Å². The summed E-state index contributed by atoms with van der Waals surface area (Å²) >= 11 is 9.79. The smallest absolute Gasteiger partial charge is 0.351 e. The van der Waals surface area contributed by atoms with E-state index in [0.717, 1.165) is 21.8 Å². The van der Waals surface area contributed by atoms with Crippen LogP contribution in [0.4, 0.5) is 0 Å². The minimum atomic E-state index is -0.546. The Kier molecular flexibility index (Phi) is 5.52. The van der Waals surface area contributed by atoms with Crippen LogP contribution in [0.1, 0.15) is 20.1 Å². The van der Waals surface area contributed by atoms with Crippen molar-refractivity contribution in [2.24, 2.45) is 0 Å². The van der Waals surface area contributed by atoms with Gasteiger partial charge in [0.1, 0.15) is 4.83 Å². The van der Waals surface area contributed by atoms with Crippen LogP contribution in [-0.2, 0) is 11.3 Å². The number of rotatable bonds is 5. The molecule has 3 heterocycles. The lowest BCUT2D eigenvalue weighted by atomic mass is 10.2. The van der Waals surface area contributed by atoms with Crippen molar-refractivity contribution in [3.63, 3.8) is 0 Å². The number of thiazole rings is 1. The monoisotopic (exact) mass is 427 g/mol. The lowest BCUT2D eigenvalue weighted by molar-refractivity contribution is 0.0606. The highest BCUT2D eigenvalue weighted by Crippen LogP contribution is 2.36. The number of nitrogens with zero attached hydrogens (tertiary/aromatic N) is 3. The zero-order valence-electron chi connectivity index (χ0n) is 14.2. The van der Waals surface area contributed by atoms with E-state index in [1.165, 1.54) is 30.2 Å². The number of esters is 1. The van der Waals surface area contributed by atoms with Gasteiger partial charge in [-0.3, -0.25) is 9.36 Å². The van der Waals surface area contributed by atoms with Gasteiger partial charge in [0.25, 0.3) is 5.56 Å². The molecule has 0 fully saturated rings. The number of ether oxygens (including phenoxy) is 1. The molecule has 0 N–H and O–H groups in total. The number of carbonyl (C=O) groups excluding carboxylic acids is 1. The van der Waals surface area contributed by atoms with Gasteiger partial charge in [0.2, 0.25) is 0 Å². The summed E-state index contributed by atoms with van der Waals surface area (Å²) in [4.78, 5) is 35.4. The Morgan fingerprint density at radius 2 is 2.12 bits per heavy atom. The summed E-state index contributed by atoms with van der Waals surface area (Å²) in [5.74, 6) is -0.546. The number of aryl methyl sites for hydroxylation is 2. The van der Waals surface area contributed by atoms with Crippen LogP contribution < -0.4 is 5.56 Å². The van der Waals surface area contributed by atoms with Gasteiger partial charge < -0.3 is 4.74 Å². The number of methoxy groups -OCH3 is 1. The van der Waals surface area contributed by atoms with Crippen molar-refractivity contribution in [1.29, 1.82) is 0 Å². The molecule has 10 heteroatoms. The van der Waals surface area contributed by atoms with Gasteiger partial charge in [-0.25, -0.2) is 14.8 Å². The molecule has 0 aliphatic carbocycles. The fourth-order valence-corrected chi connectivity index (χ4v) is 5.70. The van der Waals surface area contributed by atoms with Gasteiger partial charge in [-0.05, 0) is 31.2 Å². The van der Waals surface area contributed by atoms with Crippen molar-refractivity contribution in [2.45, 2.75) is 29.9 Å². The minimum absolute atomic E-state index is 0.0749. The molecule has 0 aliphatic heterocycles. The molecule has 0 unspecified atom stereocenters. The van der Waals surface area contributed by atoms with Crippen LogP contribution in [-0.4, -0.2) is 27.6 Å². The maximum absolute atomic E-state index is 12.9. The summed E-state index contributed by atoms with van der Waals surface area (Å²) in [6.45, 7) is 7.93. The predicted molar refractivity (Wildman–Crippen MR) is 106 cm³/mol. The molecule has 0 bridgehead atoms. The second-order valence-corrected chi connectivity index (χ2v) is 9.03. The molecule has 0 atom stereocenters. The summed E-state index contributed by atoms with van der Waals surface area (Å²) in [6, 6.07) is 0. The number of hydrogen-bond donors (Lipinski definition) is 0. The van der Waals surface area contributed by atoms with Gasteiger partial charge in [-0.15, -0.1) is 17.9 Å². The van der Waals surface area contributed by atoms with E-state index in [1.54, 1.807) is 10.6 Å². The van der Waals surface area contributed by atoms with Crippen LogP contribution in [0, 0.1) is 13.8 Å². The lowest BCUT2D eigenvalue weighted by Crippen LogP contribution is -2.22. The first-order chi connectivity index (χ1) is 12.4. The number of thiophene rings is 1. The number of carbonyl (C=O) groups is 1. The molecule has 3 rings (SSSR count). The highest BCUT2D eigenvalue weighted by Gasteiger charge is 2.21. The van der Waals surface area contributed by atoms with E-state index in [2.05, 4.69) is 16.5 Å². The van der Waals surface area contributed by atoms with Crippen LogP contribution in [0.5, 0.6) is 0 Å². The first-order valence-electron chi connectivity index (χ1n) is 7.41. The third-order valence-electron chi connectivity index (χ3n) is 3.68. The fourth-order valence-electron chi connectivity index (χ4n) is 2.30. The molecule has 26 heavy (non-hydrogen) atoms. The minimum Gasteiger partial charge on any atom is -0.465 e. The van der Waals surface area contributed by atoms with Crippen LogP contribution in [0.3, 0.4) is 0 Å². The Labute approximate surface area is 166 Å². The van der Waals surface area contributed by atoms with Gasteiger partial charge in [-0.2, -0.15) is 0 Å². The van der Waals surface area contributed by atoms with Crippen LogP contribution >= 0.6 is 46.0 Å². The molecule has 136 valence electrons. The van der Waals surface area contributed by atoms with Crippen molar-refractivity contribution in [3.8, 4) is 0 Å². The Hall–Kier alpha value is -1.68. The Balaban J connectivity index is 2.12. The van der Waals surface area contributed by atoms with E-state index in [-0.39, 0.29) is 15.6 Å². The highest BCUT2D eigenvalue weighted by molar-refractivity contribution is 8.00. The second kappa shape index (κ2) is 7.51. The van der Waals surface area contributed by atoms with E-state index in [1.807, 2.05) is 13.8 Å². The number of allylic oxidation sites excluding steroid dienone is 1. The maximum atomic E-state index is 12.9. The molecule has 0 spiro atoms. The average molecular weight is 428 g/mol. The van der Waals surface area contributed by atoms with Crippen molar-refractivity contribution in [1.82, 2.24) is 14.5 Å². The van der Waals surface area contributed by atoms with E-state index in [9.17, 15) is 9.59 Å². The van der Waals surface area contributed by atoms with Gasteiger partial charge in [-0.1, -0.05) is 29.0 Å². The van der Waals surface area contributed by atoms with E-state index < -0.39 is 5.97 Å². The third kappa shape index (κ3) is 3.32. The fraction of sp³-hybridized carbons (Fsp3) is 0.250. The molecule has 0 saturated heterocycles. The first kappa shape index (κ1) is 19.1. The molecule has 3 aromatic rings. The molecule has 0 saturated carbocycles. The standard InChI is InChI=1S/C16H14ClN3O3S3/c1-5-6-20-13(21)9-7(2)8(3)24-12(9)19-15(20)26-16-18-11(17)10(25-16)14(22)23-4/h5H,1,6H2,2-4H3. The van der Waals surface area contributed by atoms with Crippen molar-refractivity contribution in [2.75, 3.05) is 7.11 Å². The number of fused-ring (bicyclic) bond motifs is 1. The van der Waals surface area contributed by atoms with E-state index in [0.29, 0.717) is 26.3 Å². The highest BCUT2D eigenvalue weighted by atomic mass is 35.5. The average Bonchev–Trinajstić information content (AvgIpc) is 3.10. The number of hydrogen-bond acceptors (Lipinski definition) is 8. The number of aromatic nitrogens is 3. The summed E-state index contributed by atoms with van der Waals surface area (Å²) in [7, 11) is 1.28. The molecular weight excluding hydrogens is 414 g/mol. The number of halogens is 1. The molecular formula is C16H14ClN3O3S3. The third-order valence-corrected chi connectivity index (χ3v) is 7.26. The molecule has 0 radical (unpaired) electrons. The second-order valence-electron chi connectivity index (χ2n) is 5.26. The van der Waals surface area contributed by atoms with Gasteiger partial charge in [0.05, 0.1) is 12.5 Å². The Morgan fingerprint density at radius 1 is 1.38 bits per heavy atom. The summed E-state index contributed by atoms with van der Waals surface area (Å²) in [6.07, 6.45) is 1.64. The van der Waals surface area contributed by atoms with E-state index in [4.69, 9.17) is 16.3 Å². The molecule has 6 nitrogen and oxygen atoms in total. The molecule has 0 aliphatic rings. The summed E-state index contributed by atoms with van der Waals surface area (Å²) in [5.41, 5.74) is 0.831. The van der Waals surface area contributed by atoms with Crippen LogP contribution in [0.15, 0.2) is 26.9 Å². The van der Waals surface area contributed by atoms with Gasteiger partial charge in [0, 0.05) is 11.4 Å². The zero-order valence-corrected chi connectivity index (χ0v) is 17.4. The van der Waals surface area contributed by atoms with Gasteiger partial charge >= 0.3 is 5.97 Å². The SMILES string of the molecule is C=CCn1c(Sc2nc(Cl)c(C(=O)OC)s2)nc2sc(C)c(C)c2c1=O. The largest absolute Gasteiger partial charge is 0.465 e. The Morgan fingerprint density at radius 3 is 2.77 bits per heavy atom. The Bertz CT molecular complexity index is 1080. The normalized spacial score (nSPS) is 11.1. The first-order valence-corrected chi connectivity index (χ1v) is 10.2. The summed E-state index contributed by atoms with van der Waals surface area (Å²) in [5, 5.41) is 1.18. The lowest BCUT2D eigenvalue weighted by Gasteiger charge is -2.08. The molecule has 0 aromatic carbocycles. The summed E-state index contributed by atoms with van der Waals surface area (Å²) < 4.78 is 6.74. The quantitative estimate of drug-likeness (QED) is 0.343. The van der Waals surface area contributed by atoms with Gasteiger partial charge in [0.15, 0.2) is 19.5 Å². The topological polar surface area (TPSA) is 74.1 Å². The van der Waals surface area contributed by atoms with Crippen molar-refractivity contribution in [3.05, 3.63) is 43.5 Å². The molecule has 0 amide bonds. The molecule has 3 aromatic heterocycles. The van der Waals surface area contributed by atoms with Crippen molar-refractivity contribution >= 4 is 62.2 Å². The van der Waals surface area contributed by atoms with Crippen molar-refractivity contribution < 1.29 is 9.53 Å². The predicted octanol–water partition coefficient (Wildman–Crippen LogP) is 4.31. The van der Waals surface area contributed by atoms with E-state index >= 15 is 0 Å². The zero-order chi connectivity index (χ0) is 19.0. The van der Waals surface area contributed by atoms with Crippen LogP contribution in [0.2, 0.25) is 5.15 Å².